The number of methoxy groups -OCH3 is 2. The lowest BCUT2D eigenvalue weighted by atomic mass is 9.63. The molecule has 7 nitrogen and oxygen atoms in total. The van der Waals surface area contributed by atoms with Crippen molar-refractivity contribution < 1.29 is 14.6 Å². The summed E-state index contributed by atoms with van der Waals surface area (Å²) in [7, 11) is 3.10. The Balaban J connectivity index is 1.62. The van der Waals surface area contributed by atoms with Gasteiger partial charge in [0.15, 0.2) is 0 Å². The van der Waals surface area contributed by atoms with E-state index in [1.54, 1.807) is 13.3 Å². The lowest BCUT2D eigenvalue weighted by Crippen LogP contribution is -2.58. The SMILES string of the molecule is COc1ncc(C2(O)[C@@H]3CCC[C@@H]2CN(Cc2ccncc2)C3)c(OC)n1. The van der Waals surface area contributed by atoms with E-state index in [9.17, 15) is 5.11 Å². The van der Waals surface area contributed by atoms with Crippen molar-refractivity contribution in [2.24, 2.45) is 11.8 Å². The highest BCUT2D eigenvalue weighted by atomic mass is 16.5. The van der Waals surface area contributed by atoms with E-state index in [2.05, 4.69) is 32.0 Å². The largest absolute Gasteiger partial charge is 0.481 e. The molecule has 2 aromatic rings. The van der Waals surface area contributed by atoms with Gasteiger partial charge >= 0.3 is 6.01 Å². The number of pyridine rings is 1. The quantitative estimate of drug-likeness (QED) is 0.862. The second-order valence-electron chi connectivity index (χ2n) is 7.48. The molecule has 2 bridgehead atoms. The van der Waals surface area contributed by atoms with E-state index in [1.165, 1.54) is 12.7 Å². The van der Waals surface area contributed by atoms with Gasteiger partial charge in [-0.05, 0) is 30.5 Å². The second-order valence-corrected chi connectivity index (χ2v) is 7.48. The molecule has 1 aliphatic carbocycles. The number of hydrogen-bond donors (Lipinski definition) is 1. The monoisotopic (exact) mass is 370 g/mol. The minimum atomic E-state index is -0.968. The predicted octanol–water partition coefficient (Wildman–Crippen LogP) is 2.01. The molecule has 2 aliphatic rings. The van der Waals surface area contributed by atoms with Crippen LogP contribution < -0.4 is 9.47 Å². The predicted molar refractivity (Wildman–Crippen MR) is 99.4 cm³/mol. The van der Waals surface area contributed by atoms with Gasteiger partial charge in [0.2, 0.25) is 5.88 Å². The number of ether oxygens (including phenoxy) is 2. The van der Waals surface area contributed by atoms with Crippen LogP contribution in [0.25, 0.3) is 0 Å². The number of piperidine rings is 1. The van der Waals surface area contributed by atoms with Gasteiger partial charge in [0.1, 0.15) is 5.60 Å². The average molecular weight is 370 g/mol. The van der Waals surface area contributed by atoms with Crippen molar-refractivity contribution in [2.45, 2.75) is 31.4 Å². The molecule has 1 N–H and O–H groups in total. The lowest BCUT2D eigenvalue weighted by molar-refractivity contribution is -0.149. The Labute approximate surface area is 159 Å². The van der Waals surface area contributed by atoms with E-state index in [0.717, 1.165) is 38.9 Å². The van der Waals surface area contributed by atoms with Crippen LogP contribution in [0.3, 0.4) is 0 Å². The molecule has 0 aromatic carbocycles. The van der Waals surface area contributed by atoms with Crippen molar-refractivity contribution in [2.75, 3.05) is 27.3 Å². The fraction of sp³-hybridized carbons (Fsp3) is 0.550. The molecule has 2 atom stereocenters. The molecular formula is C20H26N4O3. The zero-order chi connectivity index (χ0) is 18.9. The highest BCUT2D eigenvalue weighted by Gasteiger charge is 2.53. The van der Waals surface area contributed by atoms with Crippen molar-refractivity contribution >= 4 is 0 Å². The molecule has 144 valence electrons. The number of hydrogen-bond acceptors (Lipinski definition) is 7. The number of aliphatic hydroxyl groups is 1. The first-order valence-corrected chi connectivity index (χ1v) is 9.44. The number of likely N-dealkylation sites (tertiary alicyclic amines) is 1. The summed E-state index contributed by atoms with van der Waals surface area (Å²) in [5.74, 6) is 0.652. The van der Waals surface area contributed by atoms with E-state index in [1.807, 2.05) is 12.4 Å². The third kappa shape index (κ3) is 3.26. The molecule has 3 heterocycles. The highest BCUT2D eigenvalue weighted by molar-refractivity contribution is 5.34. The average Bonchev–Trinajstić information content (AvgIpc) is 2.69. The molecule has 0 unspecified atom stereocenters. The second kappa shape index (κ2) is 7.40. The summed E-state index contributed by atoms with van der Waals surface area (Å²) in [6.45, 7) is 2.55. The standard InChI is InChI=1S/C20H26N4O3/c1-26-18-17(10-22-19(23-18)27-2)20(25)15-4-3-5-16(20)13-24(12-15)11-14-6-8-21-9-7-14/h6-10,15-16,25H,3-5,11-13H2,1-2H3/t15-,16-/m1/s1. The minimum Gasteiger partial charge on any atom is -0.481 e. The van der Waals surface area contributed by atoms with Gasteiger partial charge in [0.05, 0.1) is 19.8 Å². The van der Waals surface area contributed by atoms with Crippen LogP contribution in [0.4, 0.5) is 0 Å². The fourth-order valence-corrected chi connectivity index (χ4v) is 4.74. The lowest BCUT2D eigenvalue weighted by Gasteiger charge is -2.53. The molecule has 0 amide bonds. The number of aromatic nitrogens is 3. The van der Waals surface area contributed by atoms with Crippen molar-refractivity contribution in [3.63, 3.8) is 0 Å². The minimum absolute atomic E-state index is 0.123. The van der Waals surface area contributed by atoms with E-state index in [0.29, 0.717) is 11.4 Å². The first-order chi connectivity index (χ1) is 13.1. The number of nitrogens with zero attached hydrogens (tertiary/aromatic N) is 4. The summed E-state index contributed by atoms with van der Waals surface area (Å²) in [6, 6.07) is 4.35. The highest BCUT2D eigenvalue weighted by Crippen LogP contribution is 2.51. The van der Waals surface area contributed by atoms with Crippen molar-refractivity contribution in [3.8, 4) is 11.9 Å². The fourth-order valence-electron chi connectivity index (χ4n) is 4.74. The maximum atomic E-state index is 11.8. The Morgan fingerprint density at radius 1 is 1.15 bits per heavy atom. The van der Waals surface area contributed by atoms with Crippen LogP contribution in [0, 0.1) is 11.8 Å². The summed E-state index contributed by atoms with van der Waals surface area (Å²) in [5, 5.41) is 11.8. The summed E-state index contributed by atoms with van der Waals surface area (Å²) in [6.07, 6.45) is 8.44. The maximum absolute atomic E-state index is 11.8. The van der Waals surface area contributed by atoms with Gasteiger partial charge in [0, 0.05) is 50.1 Å². The van der Waals surface area contributed by atoms with Gasteiger partial charge in [-0.1, -0.05) is 6.42 Å². The number of fused-ring (bicyclic) bond motifs is 2. The van der Waals surface area contributed by atoms with Crippen LogP contribution in [0.5, 0.6) is 11.9 Å². The van der Waals surface area contributed by atoms with Crippen molar-refractivity contribution in [1.29, 1.82) is 0 Å². The van der Waals surface area contributed by atoms with E-state index in [4.69, 9.17) is 9.47 Å². The normalized spacial score (nSPS) is 28.0. The zero-order valence-electron chi connectivity index (χ0n) is 15.8. The summed E-state index contributed by atoms with van der Waals surface area (Å²) in [4.78, 5) is 15.1. The third-order valence-corrected chi connectivity index (χ3v) is 6.00. The van der Waals surface area contributed by atoms with Crippen molar-refractivity contribution in [3.05, 3.63) is 41.9 Å². The Morgan fingerprint density at radius 3 is 2.48 bits per heavy atom. The van der Waals surface area contributed by atoms with Crippen LogP contribution in [0.15, 0.2) is 30.7 Å². The molecule has 1 saturated carbocycles. The van der Waals surface area contributed by atoms with Gasteiger partial charge in [0.25, 0.3) is 0 Å². The van der Waals surface area contributed by atoms with Gasteiger partial charge in [-0.3, -0.25) is 9.88 Å². The van der Waals surface area contributed by atoms with E-state index >= 15 is 0 Å². The van der Waals surface area contributed by atoms with Crippen LogP contribution in [0.1, 0.15) is 30.4 Å². The maximum Gasteiger partial charge on any atom is 0.319 e. The van der Waals surface area contributed by atoms with Gasteiger partial charge < -0.3 is 14.6 Å². The first kappa shape index (κ1) is 18.1. The van der Waals surface area contributed by atoms with Crippen LogP contribution in [-0.2, 0) is 12.1 Å². The molecule has 7 heteroatoms. The summed E-state index contributed by atoms with van der Waals surface area (Å²) < 4.78 is 10.6. The van der Waals surface area contributed by atoms with Crippen LogP contribution in [-0.4, -0.2) is 52.3 Å². The molecule has 1 saturated heterocycles. The number of rotatable bonds is 5. The Hall–Kier alpha value is -2.25. The van der Waals surface area contributed by atoms with Gasteiger partial charge in [-0.15, -0.1) is 0 Å². The molecule has 2 fully saturated rings. The topological polar surface area (TPSA) is 80.6 Å². The first-order valence-electron chi connectivity index (χ1n) is 9.44. The van der Waals surface area contributed by atoms with Gasteiger partial charge in [-0.25, -0.2) is 4.98 Å². The van der Waals surface area contributed by atoms with Crippen molar-refractivity contribution in [1.82, 2.24) is 19.9 Å². The Morgan fingerprint density at radius 2 is 1.85 bits per heavy atom. The molecule has 2 aromatic heterocycles. The van der Waals surface area contributed by atoms with E-state index in [-0.39, 0.29) is 17.8 Å². The molecule has 27 heavy (non-hydrogen) atoms. The summed E-state index contributed by atoms with van der Waals surface area (Å²) in [5.41, 5.74) is 0.966. The summed E-state index contributed by atoms with van der Waals surface area (Å²) >= 11 is 0. The zero-order valence-corrected chi connectivity index (χ0v) is 15.8. The van der Waals surface area contributed by atoms with Crippen LogP contribution in [0.2, 0.25) is 0 Å². The molecule has 4 rings (SSSR count). The molecular weight excluding hydrogens is 344 g/mol. The Bertz CT molecular complexity index is 772. The van der Waals surface area contributed by atoms with E-state index < -0.39 is 5.60 Å². The third-order valence-electron chi connectivity index (χ3n) is 6.00. The molecule has 0 radical (unpaired) electrons. The van der Waals surface area contributed by atoms with Gasteiger partial charge in [-0.2, -0.15) is 4.98 Å². The smallest absolute Gasteiger partial charge is 0.319 e. The molecule has 1 aliphatic heterocycles. The Kier molecular flexibility index (Phi) is 4.97. The van der Waals surface area contributed by atoms with Crippen LogP contribution >= 0.6 is 0 Å². The molecule has 0 spiro atoms.